The summed E-state index contributed by atoms with van der Waals surface area (Å²) < 4.78 is 0. The lowest BCUT2D eigenvalue weighted by Gasteiger charge is -2.57. The Hall–Kier alpha value is -1.16. The van der Waals surface area contributed by atoms with Crippen LogP contribution >= 0.6 is 0 Å². The van der Waals surface area contributed by atoms with Crippen molar-refractivity contribution in [3.8, 4) is 0 Å². The molecule has 0 saturated heterocycles. The minimum atomic E-state index is -0.909. The van der Waals surface area contributed by atoms with Crippen molar-refractivity contribution in [2.75, 3.05) is 0 Å². The molecular formula is C30H49O4-. The van der Waals surface area contributed by atoms with Crippen molar-refractivity contribution >= 4 is 11.8 Å². The van der Waals surface area contributed by atoms with Gasteiger partial charge < -0.3 is 15.0 Å². The summed E-state index contributed by atoms with van der Waals surface area (Å²) in [5, 5.41) is 20.8. The van der Waals surface area contributed by atoms with E-state index in [9.17, 15) is 19.8 Å². The second kappa shape index (κ2) is 11.7. The van der Waals surface area contributed by atoms with E-state index in [-0.39, 0.29) is 22.9 Å². The number of rotatable bonds is 8. The highest BCUT2D eigenvalue weighted by molar-refractivity contribution is 5.91. The van der Waals surface area contributed by atoms with E-state index in [0.717, 1.165) is 56.8 Å². The quantitative estimate of drug-likeness (QED) is 0.438. The molecule has 4 aliphatic rings. The summed E-state index contributed by atoms with van der Waals surface area (Å²) in [5.74, 6) is 1.39. The van der Waals surface area contributed by atoms with Gasteiger partial charge in [0.1, 0.15) is 0 Å². The standard InChI is InChI=1S/C19H28O2.C11H22O2/c1-18-9-7-13(20)11-12(18)3-4-14-15-5-6-17(21)19(15,2)10-8-16(14)18;1-3-4-5-6-7-8-9-10(2)11(12)13/h11,14-17,21H,3-10H2,1-2H3;10H,3-9H2,1-2H3,(H,12,13)/p-1/t14-,15-,16-,17-,18-,19-;/m0./s1. The molecule has 0 bridgehead atoms. The van der Waals surface area contributed by atoms with Crippen molar-refractivity contribution < 1.29 is 19.8 Å². The molecule has 0 aromatic carbocycles. The Bertz CT molecular complexity index is 742. The largest absolute Gasteiger partial charge is 0.550 e. The van der Waals surface area contributed by atoms with E-state index in [2.05, 4.69) is 20.8 Å². The average Bonchev–Trinajstić information content (AvgIpc) is 3.11. The molecule has 3 saturated carbocycles. The van der Waals surface area contributed by atoms with Crippen LogP contribution in [0.15, 0.2) is 11.6 Å². The molecule has 0 spiro atoms. The third-order valence-electron chi connectivity index (χ3n) is 10.3. The van der Waals surface area contributed by atoms with Crippen molar-refractivity contribution in [2.45, 2.75) is 130 Å². The van der Waals surface area contributed by atoms with Gasteiger partial charge in [-0.1, -0.05) is 71.8 Å². The number of carboxylic acid groups (broad SMARTS) is 1. The Morgan fingerprint density at radius 3 is 2.44 bits per heavy atom. The molecule has 1 unspecified atom stereocenters. The van der Waals surface area contributed by atoms with Crippen molar-refractivity contribution in [3.63, 3.8) is 0 Å². The maximum Gasteiger partial charge on any atom is 0.155 e. The van der Waals surface area contributed by atoms with Crippen molar-refractivity contribution in [1.29, 1.82) is 0 Å². The zero-order chi connectivity index (χ0) is 24.9. The first-order valence-corrected chi connectivity index (χ1v) is 14.3. The number of aliphatic carboxylic acids is 1. The first-order valence-electron chi connectivity index (χ1n) is 14.3. The SMILES string of the molecule is CCCCCCCCC(C)C(=O)[O-].C[C@]12CC[C@H]3[C@@H](CCC4=CC(=O)CC[C@@]43C)[C@@H]1CC[C@@H]2O. The minimum Gasteiger partial charge on any atom is -0.550 e. The fourth-order valence-electron chi connectivity index (χ4n) is 7.88. The van der Waals surface area contributed by atoms with Gasteiger partial charge in [0, 0.05) is 12.4 Å². The van der Waals surface area contributed by atoms with Crippen LogP contribution in [0.4, 0.5) is 0 Å². The number of ketones is 1. The van der Waals surface area contributed by atoms with E-state index in [1.165, 1.54) is 56.9 Å². The van der Waals surface area contributed by atoms with E-state index in [1.54, 1.807) is 6.92 Å². The number of fused-ring (bicyclic) bond motifs is 5. The molecule has 4 rings (SSSR count). The predicted octanol–water partition coefficient (Wildman–Crippen LogP) is 6.00. The van der Waals surface area contributed by atoms with Crippen molar-refractivity contribution in [3.05, 3.63) is 11.6 Å². The van der Waals surface area contributed by atoms with Crippen LogP contribution in [-0.4, -0.2) is 23.0 Å². The van der Waals surface area contributed by atoms with Gasteiger partial charge in [0.05, 0.1) is 6.10 Å². The lowest BCUT2D eigenvalue weighted by molar-refractivity contribution is -0.311. The highest BCUT2D eigenvalue weighted by Crippen LogP contribution is 2.65. The fourth-order valence-corrected chi connectivity index (χ4v) is 7.88. The number of carbonyl (C=O) groups is 2. The Morgan fingerprint density at radius 1 is 1.03 bits per heavy atom. The monoisotopic (exact) mass is 473 g/mol. The second-order valence-electron chi connectivity index (χ2n) is 12.4. The van der Waals surface area contributed by atoms with Crippen molar-refractivity contribution in [2.24, 2.45) is 34.5 Å². The molecule has 0 radical (unpaired) electrons. The Balaban J connectivity index is 0.000000218. The molecule has 7 atom stereocenters. The Labute approximate surface area is 208 Å². The summed E-state index contributed by atoms with van der Waals surface area (Å²) in [6.07, 6.45) is 18.8. The van der Waals surface area contributed by atoms with Gasteiger partial charge in [-0.3, -0.25) is 4.79 Å². The lowest BCUT2D eigenvalue weighted by atomic mass is 9.47. The number of carbonyl (C=O) groups excluding carboxylic acids is 2. The van der Waals surface area contributed by atoms with Gasteiger partial charge in [-0.2, -0.15) is 0 Å². The minimum absolute atomic E-state index is 0.0823. The van der Waals surface area contributed by atoms with Crippen LogP contribution in [0.5, 0.6) is 0 Å². The summed E-state index contributed by atoms with van der Waals surface area (Å²) in [6.45, 7) is 8.68. The maximum absolute atomic E-state index is 11.8. The van der Waals surface area contributed by atoms with Crippen LogP contribution < -0.4 is 5.11 Å². The zero-order valence-electron chi connectivity index (χ0n) is 22.2. The van der Waals surface area contributed by atoms with E-state index in [0.29, 0.717) is 11.7 Å². The molecule has 0 amide bonds. The fraction of sp³-hybridized carbons (Fsp3) is 0.867. The Morgan fingerprint density at radius 2 is 1.74 bits per heavy atom. The van der Waals surface area contributed by atoms with E-state index in [4.69, 9.17) is 0 Å². The van der Waals surface area contributed by atoms with Gasteiger partial charge in [0.2, 0.25) is 0 Å². The van der Waals surface area contributed by atoms with Gasteiger partial charge in [-0.05, 0) is 91.9 Å². The highest BCUT2D eigenvalue weighted by atomic mass is 16.4. The summed E-state index contributed by atoms with van der Waals surface area (Å²) in [7, 11) is 0. The number of allylic oxidation sites excluding steroid dienone is 1. The van der Waals surface area contributed by atoms with Crippen LogP contribution in [0.1, 0.15) is 124 Å². The van der Waals surface area contributed by atoms with Gasteiger partial charge in [0.25, 0.3) is 0 Å². The van der Waals surface area contributed by atoms with E-state index >= 15 is 0 Å². The van der Waals surface area contributed by atoms with E-state index in [1.807, 2.05) is 6.08 Å². The zero-order valence-corrected chi connectivity index (χ0v) is 22.2. The number of aliphatic hydroxyl groups excluding tert-OH is 1. The third kappa shape index (κ3) is 5.79. The van der Waals surface area contributed by atoms with Crippen LogP contribution in [0.25, 0.3) is 0 Å². The maximum atomic E-state index is 11.8. The topological polar surface area (TPSA) is 77.4 Å². The summed E-state index contributed by atoms with van der Waals surface area (Å²) >= 11 is 0. The Kier molecular flexibility index (Phi) is 9.45. The molecule has 194 valence electrons. The van der Waals surface area contributed by atoms with Crippen LogP contribution in [-0.2, 0) is 9.59 Å². The highest BCUT2D eigenvalue weighted by Gasteiger charge is 2.58. The van der Waals surface area contributed by atoms with Crippen molar-refractivity contribution in [1.82, 2.24) is 0 Å². The molecule has 4 heteroatoms. The number of hydrogen-bond donors (Lipinski definition) is 1. The predicted molar refractivity (Wildman–Crippen MR) is 135 cm³/mol. The molecule has 34 heavy (non-hydrogen) atoms. The number of aliphatic hydroxyl groups is 1. The number of unbranched alkanes of at least 4 members (excludes halogenated alkanes) is 5. The molecule has 0 aromatic rings. The van der Waals surface area contributed by atoms with Gasteiger partial charge in [-0.15, -0.1) is 0 Å². The van der Waals surface area contributed by atoms with Crippen LogP contribution in [0.3, 0.4) is 0 Å². The van der Waals surface area contributed by atoms with Gasteiger partial charge in [0.15, 0.2) is 5.78 Å². The van der Waals surface area contributed by atoms with Crippen LogP contribution in [0, 0.1) is 34.5 Å². The molecular weight excluding hydrogens is 424 g/mol. The average molecular weight is 474 g/mol. The van der Waals surface area contributed by atoms with E-state index < -0.39 is 5.97 Å². The third-order valence-corrected chi connectivity index (χ3v) is 10.3. The summed E-state index contributed by atoms with van der Waals surface area (Å²) in [4.78, 5) is 22.1. The molecule has 3 fully saturated rings. The molecule has 4 nitrogen and oxygen atoms in total. The first-order chi connectivity index (χ1) is 16.1. The molecule has 0 aromatic heterocycles. The molecule has 4 aliphatic carbocycles. The second-order valence-corrected chi connectivity index (χ2v) is 12.4. The van der Waals surface area contributed by atoms with Crippen LogP contribution in [0.2, 0.25) is 0 Å². The first kappa shape index (κ1) is 27.4. The smallest absolute Gasteiger partial charge is 0.155 e. The summed E-state index contributed by atoms with van der Waals surface area (Å²) in [6, 6.07) is 0. The lowest BCUT2D eigenvalue weighted by Crippen LogP contribution is -2.51. The van der Waals surface area contributed by atoms with Gasteiger partial charge >= 0.3 is 0 Å². The number of hydrogen-bond acceptors (Lipinski definition) is 4. The normalized spacial score (nSPS) is 37.4. The molecule has 0 aliphatic heterocycles. The number of carboxylic acids is 1. The summed E-state index contributed by atoms with van der Waals surface area (Å²) in [5.41, 5.74) is 1.89. The molecule has 1 N–H and O–H groups in total. The molecule has 0 heterocycles. The van der Waals surface area contributed by atoms with Gasteiger partial charge in [-0.25, -0.2) is 0 Å².